The molecule has 2 aliphatic heterocycles. The Balaban J connectivity index is 0.000000201. The zero-order valence-corrected chi connectivity index (χ0v) is 30.6. The lowest BCUT2D eigenvalue weighted by Crippen LogP contribution is -2.31. The van der Waals surface area contributed by atoms with Crippen LogP contribution in [0.4, 0.5) is 38.0 Å². The van der Waals surface area contributed by atoms with Gasteiger partial charge in [-0.05, 0) is 26.7 Å². The smallest absolute Gasteiger partial charge is 0.388 e. The minimum absolute atomic E-state index is 0.272. The number of rotatable bonds is 6. The lowest BCUT2D eigenvalue weighted by molar-refractivity contribution is -0.138. The Morgan fingerprint density at radius 3 is 1.19 bits per heavy atom. The summed E-state index contributed by atoms with van der Waals surface area (Å²) in [5.74, 6) is 2.09. The van der Waals surface area contributed by atoms with E-state index in [1.807, 2.05) is 51.3 Å². The second-order valence-electron chi connectivity index (χ2n) is 16.2. The van der Waals surface area contributed by atoms with Gasteiger partial charge in [0.2, 0.25) is 11.3 Å². The summed E-state index contributed by atoms with van der Waals surface area (Å²) >= 11 is 0. The van der Waals surface area contributed by atoms with Crippen molar-refractivity contribution >= 4 is 34.0 Å². The van der Waals surface area contributed by atoms with Gasteiger partial charge in [-0.25, -0.2) is 19.9 Å². The summed E-state index contributed by atoms with van der Waals surface area (Å²) in [6, 6.07) is 0. The molecular formula is C32H46F6N12O2. The van der Waals surface area contributed by atoms with E-state index in [1.54, 1.807) is 13.8 Å². The molecule has 0 spiro atoms. The summed E-state index contributed by atoms with van der Waals surface area (Å²) in [6.07, 6.45) is -9.43. The molecule has 52 heavy (non-hydrogen) atoms. The van der Waals surface area contributed by atoms with Crippen LogP contribution in [0.25, 0.3) is 22.3 Å². The summed E-state index contributed by atoms with van der Waals surface area (Å²) in [5.41, 5.74) is -1.14. The third-order valence-corrected chi connectivity index (χ3v) is 8.58. The molecule has 0 bridgehead atoms. The minimum atomic E-state index is -4.28. The van der Waals surface area contributed by atoms with Gasteiger partial charge in [0, 0.05) is 37.0 Å². The van der Waals surface area contributed by atoms with Crippen molar-refractivity contribution in [1.29, 1.82) is 0 Å². The summed E-state index contributed by atoms with van der Waals surface area (Å²) in [6.45, 7) is 16.4. The first-order chi connectivity index (χ1) is 23.7. The van der Waals surface area contributed by atoms with Crippen LogP contribution in [0.3, 0.4) is 0 Å². The van der Waals surface area contributed by atoms with Gasteiger partial charge in [-0.2, -0.15) is 35.9 Å². The molecule has 6 rings (SSSR count). The van der Waals surface area contributed by atoms with E-state index in [1.165, 1.54) is 0 Å². The van der Waals surface area contributed by atoms with Gasteiger partial charge in [0.05, 0.1) is 37.1 Å². The number of hydrogen-bond donors (Lipinski definition) is 2. The maximum Gasteiger partial charge on any atom is 0.390 e. The predicted octanol–water partition coefficient (Wildman–Crippen LogP) is 4.86. The van der Waals surface area contributed by atoms with Gasteiger partial charge in [-0.15, -0.1) is 20.4 Å². The number of β-amino-alcohol motifs (C(OH)–C–C–N with tert-alkyl or cyclic N) is 2. The standard InChI is InChI=1S/2C16H23F3N6O/c2*1-14(2,3)13-20-11-10(22-25(23-11)8-6-16(17,18)19)12(21-13)24-7-5-15(4,26)9-24/h2*26H,5-9H2,1-4H3/t2*15-/m10/s1. The maximum absolute atomic E-state index is 12.5. The van der Waals surface area contributed by atoms with Crippen molar-refractivity contribution in [1.82, 2.24) is 49.9 Å². The fraction of sp³-hybridized carbons (Fsp3) is 0.750. The van der Waals surface area contributed by atoms with Crippen LogP contribution in [-0.2, 0) is 23.9 Å². The molecule has 2 N–H and O–H groups in total. The Morgan fingerprint density at radius 2 is 0.923 bits per heavy atom. The summed E-state index contributed by atoms with van der Waals surface area (Å²) < 4.78 is 75.0. The molecule has 14 nitrogen and oxygen atoms in total. The van der Waals surface area contributed by atoms with Crippen molar-refractivity contribution in [3.05, 3.63) is 11.6 Å². The minimum Gasteiger partial charge on any atom is -0.388 e. The van der Waals surface area contributed by atoms with Crippen LogP contribution >= 0.6 is 0 Å². The van der Waals surface area contributed by atoms with Gasteiger partial charge in [0.1, 0.15) is 11.6 Å². The number of anilines is 2. The molecule has 288 valence electrons. The molecule has 0 unspecified atom stereocenters. The largest absolute Gasteiger partial charge is 0.390 e. The van der Waals surface area contributed by atoms with E-state index >= 15 is 0 Å². The molecule has 0 aromatic carbocycles. The third-order valence-electron chi connectivity index (χ3n) is 8.58. The highest BCUT2D eigenvalue weighted by Crippen LogP contribution is 2.33. The van der Waals surface area contributed by atoms with Crippen molar-refractivity contribution in [2.45, 2.75) is 129 Å². The van der Waals surface area contributed by atoms with Gasteiger partial charge < -0.3 is 20.0 Å². The number of alkyl halides is 6. The molecule has 2 atom stereocenters. The van der Waals surface area contributed by atoms with Crippen LogP contribution in [0.15, 0.2) is 0 Å². The highest BCUT2D eigenvalue weighted by molar-refractivity contribution is 5.83. The van der Waals surface area contributed by atoms with Gasteiger partial charge in [0.25, 0.3) is 0 Å². The first-order valence-corrected chi connectivity index (χ1v) is 17.0. The zero-order valence-electron chi connectivity index (χ0n) is 30.6. The Morgan fingerprint density at radius 1 is 0.577 bits per heavy atom. The number of hydrogen-bond acceptors (Lipinski definition) is 12. The monoisotopic (exact) mass is 744 g/mol. The van der Waals surface area contributed by atoms with Crippen LogP contribution in [0, 0.1) is 0 Å². The Labute approximate surface area is 296 Å². The lowest BCUT2D eigenvalue weighted by atomic mass is 9.95. The first-order valence-electron chi connectivity index (χ1n) is 17.0. The summed E-state index contributed by atoms with van der Waals surface area (Å²) in [7, 11) is 0. The average Bonchev–Trinajstić information content (AvgIpc) is 3.76. The van der Waals surface area contributed by atoms with Crippen LogP contribution in [0.5, 0.6) is 0 Å². The van der Waals surface area contributed by atoms with Crippen LogP contribution in [0.2, 0.25) is 0 Å². The normalized spacial score (nSPS) is 21.8. The molecule has 0 amide bonds. The van der Waals surface area contributed by atoms with Gasteiger partial charge in [-0.3, -0.25) is 0 Å². The molecule has 6 heterocycles. The molecule has 0 saturated carbocycles. The molecule has 4 aromatic rings. The average molecular weight is 745 g/mol. The molecule has 2 aliphatic rings. The molecule has 2 saturated heterocycles. The number of fused-ring (bicyclic) bond motifs is 2. The number of aromatic nitrogens is 10. The molecule has 2 fully saturated rings. The highest BCUT2D eigenvalue weighted by atomic mass is 19.4. The molecular weight excluding hydrogens is 698 g/mol. The third kappa shape index (κ3) is 9.73. The van der Waals surface area contributed by atoms with E-state index in [9.17, 15) is 36.6 Å². The fourth-order valence-corrected chi connectivity index (χ4v) is 5.69. The molecule has 20 heteroatoms. The van der Waals surface area contributed by atoms with Crippen molar-refractivity contribution in [3.8, 4) is 0 Å². The van der Waals surface area contributed by atoms with Crippen LogP contribution in [0.1, 0.15) is 92.7 Å². The SMILES string of the molecule is CC(C)(C)c1nc(N2CC[C@@](C)(O)C2)c2nn(CCC(F)(F)F)nc2n1.CC(C)(C)c1nc(N2CC[C@](C)(O)C2)c2nn(CCC(F)(F)F)nc2n1. The van der Waals surface area contributed by atoms with E-state index in [0.29, 0.717) is 73.3 Å². The number of aryl methyl sites for hydroxylation is 2. The van der Waals surface area contributed by atoms with Crippen LogP contribution in [-0.4, -0.2) is 110 Å². The lowest BCUT2D eigenvalue weighted by Gasteiger charge is -2.22. The van der Waals surface area contributed by atoms with Gasteiger partial charge in [0.15, 0.2) is 22.7 Å². The van der Waals surface area contributed by atoms with E-state index < -0.39 is 36.4 Å². The Bertz CT molecular complexity index is 1750. The Kier molecular flexibility index (Phi) is 10.2. The zero-order chi connectivity index (χ0) is 38.7. The fourth-order valence-electron chi connectivity index (χ4n) is 5.69. The second kappa shape index (κ2) is 13.5. The van der Waals surface area contributed by atoms with Crippen molar-refractivity contribution < 1.29 is 36.6 Å². The second-order valence-corrected chi connectivity index (χ2v) is 16.2. The maximum atomic E-state index is 12.5. The topological polar surface area (TPSA) is 160 Å². The quantitative estimate of drug-likeness (QED) is 0.259. The first kappa shape index (κ1) is 39.3. The van der Waals surface area contributed by atoms with E-state index in [-0.39, 0.29) is 35.2 Å². The van der Waals surface area contributed by atoms with Crippen molar-refractivity contribution in [2.75, 3.05) is 36.0 Å². The summed E-state index contributed by atoms with van der Waals surface area (Å²) in [5, 5.41) is 37.1. The van der Waals surface area contributed by atoms with E-state index in [2.05, 4.69) is 40.3 Å². The molecule has 0 radical (unpaired) electrons. The van der Waals surface area contributed by atoms with Crippen LogP contribution < -0.4 is 9.80 Å². The van der Waals surface area contributed by atoms with Gasteiger partial charge in [-0.1, -0.05) is 41.5 Å². The van der Waals surface area contributed by atoms with Crippen molar-refractivity contribution in [3.63, 3.8) is 0 Å². The number of halogens is 6. The van der Waals surface area contributed by atoms with Gasteiger partial charge >= 0.3 is 12.4 Å². The predicted molar refractivity (Wildman–Crippen MR) is 180 cm³/mol. The molecule has 4 aromatic heterocycles. The molecule has 0 aliphatic carbocycles. The number of aliphatic hydroxyl groups is 2. The van der Waals surface area contributed by atoms with E-state index in [0.717, 1.165) is 9.59 Å². The highest BCUT2D eigenvalue weighted by Gasteiger charge is 2.37. The Hall–Kier alpha value is -3.94. The number of nitrogens with zero attached hydrogens (tertiary/aromatic N) is 12. The summed E-state index contributed by atoms with van der Waals surface area (Å²) in [4.78, 5) is 23.9. The van der Waals surface area contributed by atoms with Crippen molar-refractivity contribution in [2.24, 2.45) is 0 Å². The van der Waals surface area contributed by atoms with E-state index in [4.69, 9.17) is 0 Å².